The number of ether oxygens (including phenoxy) is 2. The average molecular weight is 723 g/mol. The number of carbonyl (C=O) groups excluding carboxylic acids is 1. The highest BCUT2D eigenvalue weighted by molar-refractivity contribution is 8.07. The van der Waals surface area contributed by atoms with Gasteiger partial charge in [-0.1, -0.05) is 0 Å². The zero-order valence-electron chi connectivity index (χ0n) is 24.4. The molecule has 0 aliphatic carbocycles. The predicted octanol–water partition coefficient (Wildman–Crippen LogP) is 0.543. The second kappa shape index (κ2) is 11.8. The van der Waals surface area contributed by atoms with Gasteiger partial charge in [-0.3, -0.25) is 18.5 Å². The molecule has 252 valence electrons. The lowest BCUT2D eigenvalue weighted by atomic mass is 10.1. The number of aromatic nitrogens is 7. The highest BCUT2D eigenvalue weighted by atomic mass is 32.5. The van der Waals surface area contributed by atoms with E-state index in [1.165, 1.54) is 28.1 Å². The first-order valence-electron chi connectivity index (χ1n) is 14.5. The van der Waals surface area contributed by atoms with Gasteiger partial charge < -0.3 is 44.1 Å². The highest BCUT2D eigenvalue weighted by Crippen LogP contribution is 2.54. The molecule has 1 amide bonds. The number of imidazole rings is 1. The van der Waals surface area contributed by atoms with Crippen molar-refractivity contribution in [2.75, 3.05) is 24.3 Å². The van der Waals surface area contributed by atoms with Crippen molar-refractivity contribution in [3.05, 3.63) is 30.6 Å². The number of hydrogen-bond donors (Lipinski definition) is 4. The Morgan fingerprint density at radius 1 is 1.06 bits per heavy atom. The van der Waals surface area contributed by atoms with E-state index in [0.717, 1.165) is 0 Å². The number of aliphatic hydroxyl groups is 1. The molecule has 2 radical (unpaired) electrons. The Hall–Kier alpha value is -3.01. The number of carbonyl (C=O) groups is 1. The van der Waals surface area contributed by atoms with Gasteiger partial charge in [0.1, 0.15) is 42.4 Å². The first-order valence-corrected chi connectivity index (χ1v) is 18.7. The van der Waals surface area contributed by atoms with Gasteiger partial charge in [-0.25, -0.2) is 29.0 Å². The van der Waals surface area contributed by atoms with Crippen LogP contribution in [0.3, 0.4) is 0 Å². The average Bonchev–Trinajstić information content (AvgIpc) is 3.75. The molecular weight excluding hydrogens is 698 g/mol. The van der Waals surface area contributed by atoms with E-state index < -0.39 is 76.6 Å². The standard InChI is InChI=1S/C24H25BFN9O10P2S/c25-46(38)40-5-12-19(17(37)24(43-12)35-21-14-9(3-4-28-21)32-13(36)2-1-10(14)33-35)45-47(39,48)41-6-11-18(44-46)15(26)23(42-11)34-8-31-16-20(27)29-7-30-22(16)34/h3-4,7-8,11-12,15,17-19,23-24,37H,1-2,5-6H2,(H,32,36)(H,39,48)(H2,27,29,30)/t11-,12-,15?,17+,18+,19?,23-,24-,46?,47?/m1/s1. The fourth-order valence-corrected chi connectivity index (χ4v) is 8.64. The van der Waals surface area contributed by atoms with Crippen molar-refractivity contribution >= 4 is 73.2 Å². The second-order valence-corrected chi connectivity index (χ2v) is 15.7. The number of pyridine rings is 1. The number of halogens is 1. The number of aliphatic hydroxyl groups excluding tert-OH is 1. The zero-order chi connectivity index (χ0) is 33.5. The van der Waals surface area contributed by atoms with E-state index in [1.807, 2.05) is 0 Å². The molecule has 0 saturated carbocycles. The number of anilines is 2. The number of alkyl halides is 1. The molecule has 0 bridgehead atoms. The maximum absolute atomic E-state index is 16.1. The third kappa shape index (κ3) is 5.54. The molecule has 0 spiro atoms. The van der Waals surface area contributed by atoms with Gasteiger partial charge in [-0.15, -0.1) is 0 Å². The molecule has 0 aromatic carbocycles. The van der Waals surface area contributed by atoms with E-state index >= 15 is 4.39 Å². The number of nitrogens with two attached hydrogens (primary N) is 1. The minimum Gasteiger partial charge on any atom is -0.385 e. The van der Waals surface area contributed by atoms with Crippen molar-refractivity contribution in [3.8, 4) is 0 Å². The van der Waals surface area contributed by atoms with Gasteiger partial charge in [0, 0.05) is 19.0 Å². The smallest absolute Gasteiger partial charge is 0.325 e. The topological polar surface area (TPSA) is 242 Å². The number of rotatable bonds is 2. The summed E-state index contributed by atoms with van der Waals surface area (Å²) in [5.74, 6) is -0.133. The minimum absolute atomic E-state index is 0.0540. The molecule has 4 aromatic rings. The highest BCUT2D eigenvalue weighted by Gasteiger charge is 2.53. The third-order valence-corrected chi connectivity index (χ3v) is 11.0. The molecule has 4 aromatic heterocycles. The lowest BCUT2D eigenvalue weighted by Crippen LogP contribution is -2.38. The maximum Gasteiger partial charge on any atom is 0.325 e. The van der Waals surface area contributed by atoms with Gasteiger partial charge in [0.05, 0.1) is 36.3 Å². The summed E-state index contributed by atoms with van der Waals surface area (Å²) in [5, 5.41) is 19.4. The molecule has 10 atom stereocenters. The molecule has 8 rings (SSSR count). The number of hydrogen-bond acceptors (Lipinski definition) is 16. The second-order valence-electron chi connectivity index (χ2n) is 11.4. The van der Waals surface area contributed by atoms with Crippen LogP contribution in [0.5, 0.6) is 0 Å². The molecule has 19 nitrogen and oxygen atoms in total. The lowest BCUT2D eigenvalue weighted by Gasteiger charge is -2.30. The van der Waals surface area contributed by atoms with Crippen LogP contribution in [0.25, 0.3) is 22.2 Å². The third-order valence-electron chi connectivity index (χ3n) is 8.35. The summed E-state index contributed by atoms with van der Waals surface area (Å²) in [7, 11) is 1.36. The van der Waals surface area contributed by atoms with Gasteiger partial charge in [0.2, 0.25) is 13.5 Å². The molecule has 8 heterocycles. The van der Waals surface area contributed by atoms with Crippen LogP contribution in [0.2, 0.25) is 0 Å². The van der Waals surface area contributed by atoms with Crippen LogP contribution in [0, 0.1) is 0 Å². The van der Waals surface area contributed by atoms with Crippen LogP contribution in [0.1, 0.15) is 24.6 Å². The van der Waals surface area contributed by atoms with Crippen LogP contribution in [-0.4, -0.2) is 108 Å². The fourth-order valence-electron chi connectivity index (χ4n) is 6.19. The summed E-state index contributed by atoms with van der Waals surface area (Å²) in [4.78, 5) is 39.7. The summed E-state index contributed by atoms with van der Waals surface area (Å²) in [6.45, 7) is -5.45. The number of aryl methyl sites for hydroxylation is 1. The quantitative estimate of drug-likeness (QED) is 0.163. The van der Waals surface area contributed by atoms with Gasteiger partial charge in [-0.05, 0) is 17.9 Å². The normalized spacial score (nSPS) is 37.4. The Balaban J connectivity index is 1.08. The van der Waals surface area contributed by atoms with Crippen molar-refractivity contribution in [2.24, 2.45) is 0 Å². The van der Waals surface area contributed by atoms with Crippen molar-refractivity contribution in [1.82, 2.24) is 34.3 Å². The van der Waals surface area contributed by atoms with Crippen LogP contribution >= 0.6 is 14.2 Å². The van der Waals surface area contributed by atoms with E-state index in [0.29, 0.717) is 23.2 Å². The van der Waals surface area contributed by atoms with E-state index in [1.54, 1.807) is 6.07 Å². The molecule has 5 N–H and O–H groups in total. The van der Waals surface area contributed by atoms with Gasteiger partial charge in [0.15, 0.2) is 35.7 Å². The molecular formula is C24H25BFN9O10P2S. The number of nitrogens with zero attached hydrogens (tertiary/aromatic N) is 7. The van der Waals surface area contributed by atoms with Gasteiger partial charge in [-0.2, -0.15) is 5.10 Å². The van der Waals surface area contributed by atoms with Crippen molar-refractivity contribution in [1.29, 1.82) is 0 Å². The molecule has 4 aliphatic rings. The van der Waals surface area contributed by atoms with E-state index in [4.69, 9.17) is 52.7 Å². The fraction of sp³-hybridized carbons (Fsp3) is 0.500. The number of nitrogens with one attached hydrogen (secondary N) is 1. The summed E-state index contributed by atoms with van der Waals surface area (Å²) in [6.07, 6.45) is -7.68. The van der Waals surface area contributed by atoms with Crippen LogP contribution in [-0.2, 0) is 55.2 Å². The van der Waals surface area contributed by atoms with E-state index in [9.17, 15) is 19.4 Å². The predicted molar refractivity (Wildman–Crippen MR) is 164 cm³/mol. The monoisotopic (exact) mass is 723 g/mol. The Morgan fingerprint density at radius 3 is 2.67 bits per heavy atom. The number of amides is 1. The summed E-state index contributed by atoms with van der Waals surface area (Å²) >= 11 is 5.25. The molecule has 3 fully saturated rings. The van der Waals surface area contributed by atoms with Crippen molar-refractivity contribution in [2.45, 2.75) is 62.0 Å². The van der Waals surface area contributed by atoms with Gasteiger partial charge in [0.25, 0.3) is 7.47 Å². The SMILES string of the molecule is [B]P1(=O)OC[C@H]2O[C@@H](n3nc4c5c(ccnc53)NC(=O)CC4)[C@@H](O)C2OP(O)(=S)OC[C@H]2O[C@@H](n3cnc4c(N)ncnc43)C(F)[C@H]2O1. The number of nitrogen functional groups attached to an aromatic ring is 1. The molecule has 24 heteroatoms. The van der Waals surface area contributed by atoms with Crippen molar-refractivity contribution < 1.29 is 51.3 Å². The van der Waals surface area contributed by atoms with Crippen LogP contribution < -0.4 is 11.1 Å². The Bertz CT molecular complexity index is 2040. The van der Waals surface area contributed by atoms with Crippen LogP contribution in [0.15, 0.2) is 24.9 Å². The molecule has 4 unspecified atom stereocenters. The minimum atomic E-state index is -4.56. The zero-order valence-corrected chi connectivity index (χ0v) is 27.0. The summed E-state index contributed by atoms with van der Waals surface area (Å²) in [6, 6.07) is 1.63. The van der Waals surface area contributed by atoms with Crippen LogP contribution in [0.4, 0.5) is 15.9 Å². The van der Waals surface area contributed by atoms with E-state index in [2.05, 4.69) is 30.4 Å². The Labute approximate surface area is 275 Å². The summed E-state index contributed by atoms with van der Waals surface area (Å²) in [5.41, 5.74) is 7.50. The lowest BCUT2D eigenvalue weighted by molar-refractivity contribution is -0.116. The Morgan fingerprint density at radius 2 is 1.83 bits per heavy atom. The van der Waals surface area contributed by atoms with E-state index in [-0.39, 0.29) is 35.0 Å². The first kappa shape index (κ1) is 32.2. The molecule has 4 aliphatic heterocycles. The first-order chi connectivity index (χ1) is 22.9. The van der Waals surface area contributed by atoms with Gasteiger partial charge >= 0.3 is 6.72 Å². The van der Waals surface area contributed by atoms with Crippen molar-refractivity contribution in [3.63, 3.8) is 0 Å². The Kier molecular flexibility index (Phi) is 7.92. The summed E-state index contributed by atoms with van der Waals surface area (Å²) < 4.78 is 66.2. The molecule has 3 saturated heterocycles. The maximum atomic E-state index is 16.1. The number of fused-ring (bicyclic) bond motifs is 3. The largest absolute Gasteiger partial charge is 0.385 e. The molecule has 48 heavy (non-hydrogen) atoms.